The van der Waals surface area contributed by atoms with Gasteiger partial charge in [-0.25, -0.2) is 0 Å². The summed E-state index contributed by atoms with van der Waals surface area (Å²) in [6.07, 6.45) is 7.26. The first-order chi connectivity index (χ1) is 12.1. The fraction of sp³-hybridized carbons (Fsp3) is 0.619. The molecule has 3 fully saturated rings. The molecule has 1 aromatic rings. The summed E-state index contributed by atoms with van der Waals surface area (Å²) < 4.78 is 0. The maximum Gasteiger partial charge on any atom is 0.248 e. The lowest BCUT2D eigenvalue weighted by Gasteiger charge is -2.58. The quantitative estimate of drug-likeness (QED) is 0.921. The molecule has 0 spiro atoms. The average Bonchev–Trinajstić information content (AvgIpc) is 3.40. The number of Topliss-reactive ketones (excluding diaryl/α,β-unsaturated/α-hetero) is 1. The molecule has 1 heterocycles. The summed E-state index contributed by atoms with van der Waals surface area (Å²) in [5.41, 5.74) is 8.66. The van der Waals surface area contributed by atoms with Gasteiger partial charge < -0.3 is 5.73 Å². The number of likely N-dealkylation sites (tertiary alicyclic amines) is 1. The third kappa shape index (κ3) is 2.37. The SMILES string of the molecule is NC(=O)c1ccc2c(c1)[C@]13CCN(CC4CC4)C(C2)C1CCC(=O)C3. The zero-order chi connectivity index (χ0) is 17.2. The molecule has 25 heavy (non-hydrogen) atoms. The summed E-state index contributed by atoms with van der Waals surface area (Å²) >= 11 is 0. The molecule has 132 valence electrons. The van der Waals surface area contributed by atoms with Gasteiger partial charge in [0.1, 0.15) is 5.78 Å². The maximum atomic E-state index is 12.4. The Morgan fingerprint density at radius 1 is 1.28 bits per heavy atom. The van der Waals surface area contributed by atoms with Gasteiger partial charge in [0.05, 0.1) is 0 Å². The Labute approximate surface area is 148 Å². The lowest BCUT2D eigenvalue weighted by Crippen LogP contribution is -2.62. The predicted octanol–water partition coefficient (Wildman–Crippen LogP) is 2.43. The van der Waals surface area contributed by atoms with Gasteiger partial charge >= 0.3 is 0 Å². The Hall–Kier alpha value is -1.68. The van der Waals surface area contributed by atoms with Crippen LogP contribution in [0.5, 0.6) is 0 Å². The molecular weight excluding hydrogens is 312 g/mol. The minimum atomic E-state index is -0.369. The molecule has 4 aliphatic rings. The van der Waals surface area contributed by atoms with E-state index in [1.807, 2.05) is 12.1 Å². The van der Waals surface area contributed by atoms with Crippen LogP contribution in [0.3, 0.4) is 0 Å². The maximum absolute atomic E-state index is 12.4. The van der Waals surface area contributed by atoms with E-state index in [0.717, 1.165) is 38.1 Å². The van der Waals surface area contributed by atoms with Crippen molar-refractivity contribution in [3.63, 3.8) is 0 Å². The van der Waals surface area contributed by atoms with Crippen molar-refractivity contribution in [2.24, 2.45) is 17.6 Å². The number of rotatable bonds is 3. The van der Waals surface area contributed by atoms with E-state index in [4.69, 9.17) is 5.73 Å². The number of piperidine rings is 1. The number of hydrogen-bond donors (Lipinski definition) is 1. The first-order valence-corrected chi connectivity index (χ1v) is 9.76. The van der Waals surface area contributed by atoms with Gasteiger partial charge in [-0.05, 0) is 73.7 Å². The number of hydrogen-bond acceptors (Lipinski definition) is 3. The second-order valence-corrected chi connectivity index (χ2v) is 8.71. The molecule has 5 rings (SSSR count). The highest BCUT2D eigenvalue weighted by Gasteiger charge is 2.55. The van der Waals surface area contributed by atoms with E-state index in [-0.39, 0.29) is 11.3 Å². The van der Waals surface area contributed by atoms with E-state index < -0.39 is 0 Å². The number of amides is 1. The Bertz CT molecular complexity index is 754. The molecule has 2 bridgehead atoms. The van der Waals surface area contributed by atoms with E-state index in [1.165, 1.54) is 30.5 Å². The van der Waals surface area contributed by atoms with Crippen LogP contribution < -0.4 is 5.73 Å². The molecule has 2 saturated carbocycles. The molecule has 1 aromatic carbocycles. The molecular formula is C21H26N2O2. The van der Waals surface area contributed by atoms with Gasteiger partial charge in [0, 0.05) is 36.4 Å². The summed E-state index contributed by atoms with van der Waals surface area (Å²) in [5.74, 6) is 1.47. The van der Waals surface area contributed by atoms with Crippen molar-refractivity contribution in [1.82, 2.24) is 4.90 Å². The molecule has 1 saturated heterocycles. The van der Waals surface area contributed by atoms with Crippen molar-refractivity contribution in [2.45, 2.75) is 56.4 Å². The number of benzene rings is 1. The van der Waals surface area contributed by atoms with Crippen LogP contribution in [-0.4, -0.2) is 35.7 Å². The highest BCUT2D eigenvalue weighted by molar-refractivity contribution is 5.93. The first kappa shape index (κ1) is 15.6. The molecule has 2 unspecified atom stereocenters. The summed E-state index contributed by atoms with van der Waals surface area (Å²) in [6.45, 7) is 2.32. The number of ketones is 1. The molecule has 4 nitrogen and oxygen atoms in total. The van der Waals surface area contributed by atoms with Crippen LogP contribution in [0.25, 0.3) is 0 Å². The molecule has 3 atom stereocenters. The second-order valence-electron chi connectivity index (χ2n) is 8.71. The Kier molecular flexibility index (Phi) is 3.37. The third-order valence-corrected chi connectivity index (χ3v) is 7.28. The van der Waals surface area contributed by atoms with E-state index >= 15 is 0 Å². The van der Waals surface area contributed by atoms with E-state index in [9.17, 15) is 9.59 Å². The van der Waals surface area contributed by atoms with Gasteiger partial charge in [-0.15, -0.1) is 0 Å². The smallest absolute Gasteiger partial charge is 0.248 e. The molecule has 0 radical (unpaired) electrons. The highest BCUT2D eigenvalue weighted by Crippen LogP contribution is 2.55. The van der Waals surface area contributed by atoms with Crippen LogP contribution >= 0.6 is 0 Å². The number of carbonyl (C=O) groups is 2. The van der Waals surface area contributed by atoms with E-state index in [2.05, 4.69) is 11.0 Å². The van der Waals surface area contributed by atoms with Crippen LogP contribution in [-0.2, 0) is 16.6 Å². The topological polar surface area (TPSA) is 63.4 Å². The average molecular weight is 338 g/mol. The van der Waals surface area contributed by atoms with E-state index in [0.29, 0.717) is 29.7 Å². The molecule has 2 N–H and O–H groups in total. The van der Waals surface area contributed by atoms with Crippen molar-refractivity contribution < 1.29 is 9.59 Å². The van der Waals surface area contributed by atoms with Crippen molar-refractivity contribution in [3.05, 3.63) is 34.9 Å². The number of carbonyl (C=O) groups excluding carboxylic acids is 2. The third-order valence-electron chi connectivity index (χ3n) is 7.28. The zero-order valence-corrected chi connectivity index (χ0v) is 14.7. The van der Waals surface area contributed by atoms with Crippen LogP contribution in [0.15, 0.2) is 18.2 Å². The lowest BCUT2D eigenvalue weighted by atomic mass is 9.52. The van der Waals surface area contributed by atoms with E-state index in [1.54, 1.807) is 0 Å². The Morgan fingerprint density at radius 2 is 2.12 bits per heavy atom. The standard InChI is InChI=1S/C21H26N2O2/c22-20(25)15-4-3-14-10-19-17-6-5-16(24)11-21(17,18(14)9-15)7-8-23(19)12-13-1-2-13/h3-4,9,13,17,19H,1-2,5-8,10-12H2,(H2,22,25)/t17?,19?,21-/m0/s1. The number of nitrogens with zero attached hydrogens (tertiary/aromatic N) is 1. The van der Waals surface area contributed by atoms with Crippen LogP contribution in [0, 0.1) is 11.8 Å². The Morgan fingerprint density at radius 3 is 2.88 bits per heavy atom. The molecule has 3 aliphatic carbocycles. The molecule has 1 aliphatic heterocycles. The first-order valence-electron chi connectivity index (χ1n) is 9.76. The molecule has 1 amide bonds. The van der Waals surface area contributed by atoms with Crippen molar-refractivity contribution in [3.8, 4) is 0 Å². The molecule has 4 heteroatoms. The van der Waals surface area contributed by atoms with Crippen LogP contribution in [0.4, 0.5) is 0 Å². The lowest BCUT2D eigenvalue weighted by molar-refractivity contribution is -0.127. The van der Waals surface area contributed by atoms with Gasteiger partial charge in [0.2, 0.25) is 5.91 Å². The van der Waals surface area contributed by atoms with Gasteiger partial charge in [-0.3, -0.25) is 14.5 Å². The summed E-state index contributed by atoms with van der Waals surface area (Å²) in [5, 5.41) is 0. The van der Waals surface area contributed by atoms with Gasteiger partial charge in [0.25, 0.3) is 0 Å². The fourth-order valence-electron chi connectivity index (χ4n) is 5.92. The monoisotopic (exact) mass is 338 g/mol. The predicted molar refractivity (Wildman–Crippen MR) is 95.4 cm³/mol. The highest BCUT2D eigenvalue weighted by atomic mass is 16.1. The summed E-state index contributed by atoms with van der Waals surface area (Å²) in [6, 6.07) is 6.54. The minimum Gasteiger partial charge on any atom is -0.366 e. The van der Waals surface area contributed by atoms with Gasteiger partial charge in [-0.2, -0.15) is 0 Å². The Balaban J connectivity index is 1.60. The molecule has 0 aromatic heterocycles. The van der Waals surface area contributed by atoms with Crippen LogP contribution in [0.2, 0.25) is 0 Å². The number of fused-ring (bicyclic) bond motifs is 1. The zero-order valence-electron chi connectivity index (χ0n) is 14.7. The van der Waals surface area contributed by atoms with Gasteiger partial charge in [0.15, 0.2) is 0 Å². The second kappa shape index (κ2) is 5.41. The largest absolute Gasteiger partial charge is 0.366 e. The van der Waals surface area contributed by atoms with Crippen molar-refractivity contribution in [2.75, 3.05) is 13.1 Å². The van der Waals surface area contributed by atoms with Crippen molar-refractivity contribution >= 4 is 11.7 Å². The summed E-state index contributed by atoms with van der Waals surface area (Å²) in [7, 11) is 0. The number of primary amides is 1. The summed E-state index contributed by atoms with van der Waals surface area (Å²) in [4.78, 5) is 26.8. The normalized spacial score (nSPS) is 34.3. The van der Waals surface area contributed by atoms with Crippen molar-refractivity contribution in [1.29, 1.82) is 0 Å². The van der Waals surface area contributed by atoms with Gasteiger partial charge in [-0.1, -0.05) is 6.07 Å². The number of nitrogens with two attached hydrogens (primary N) is 1. The van der Waals surface area contributed by atoms with Crippen LogP contribution in [0.1, 0.15) is 60.0 Å². The fourth-order valence-corrected chi connectivity index (χ4v) is 5.92. The minimum absolute atomic E-state index is 0.0565.